The quantitative estimate of drug-likeness (QED) is 0.791. The Labute approximate surface area is 169 Å². The fraction of sp³-hybridized carbons (Fsp3) is 0.545. The first-order chi connectivity index (χ1) is 13.6. The van der Waals surface area contributed by atoms with E-state index in [9.17, 15) is 4.79 Å². The van der Waals surface area contributed by atoms with E-state index in [2.05, 4.69) is 17.1 Å². The summed E-state index contributed by atoms with van der Waals surface area (Å²) in [5.41, 5.74) is 3.43. The summed E-state index contributed by atoms with van der Waals surface area (Å²) in [6, 6.07) is 4.23. The number of ether oxygens (including phenoxy) is 2. The van der Waals surface area contributed by atoms with Gasteiger partial charge in [-0.15, -0.1) is 11.3 Å². The summed E-state index contributed by atoms with van der Waals surface area (Å²) in [7, 11) is 0. The molecule has 0 unspecified atom stereocenters. The lowest BCUT2D eigenvalue weighted by molar-refractivity contribution is -0.187. The second-order valence-corrected chi connectivity index (χ2v) is 9.54. The molecule has 0 N–H and O–H groups in total. The molecule has 2 aromatic heterocycles. The maximum atomic E-state index is 12.8. The van der Waals surface area contributed by atoms with Crippen molar-refractivity contribution in [3.8, 4) is 0 Å². The molecule has 4 heterocycles. The van der Waals surface area contributed by atoms with Crippen LogP contribution in [0.4, 0.5) is 0 Å². The number of hydrogen-bond donors (Lipinski definition) is 0. The largest absolute Gasteiger partial charge is 0.373 e. The van der Waals surface area contributed by atoms with Crippen LogP contribution in [0.1, 0.15) is 50.5 Å². The second kappa shape index (κ2) is 7.25. The van der Waals surface area contributed by atoms with E-state index in [-0.39, 0.29) is 17.6 Å². The lowest BCUT2D eigenvalue weighted by Crippen LogP contribution is -2.67. The summed E-state index contributed by atoms with van der Waals surface area (Å²) in [6.07, 6.45) is 9.16. The summed E-state index contributed by atoms with van der Waals surface area (Å²) in [6.45, 7) is 4.69. The molecular formula is C22H26N2O3S. The summed E-state index contributed by atoms with van der Waals surface area (Å²) in [4.78, 5) is 21.3. The minimum atomic E-state index is -0.219. The Morgan fingerprint density at radius 3 is 3.07 bits per heavy atom. The van der Waals surface area contributed by atoms with E-state index in [0.717, 1.165) is 41.7 Å². The first kappa shape index (κ1) is 18.3. The maximum absolute atomic E-state index is 12.8. The minimum absolute atomic E-state index is 0.169. The number of aromatic nitrogens is 1. The fourth-order valence-electron chi connectivity index (χ4n) is 4.64. The minimum Gasteiger partial charge on any atom is -0.373 e. The number of nitrogens with zero attached hydrogens (tertiary/aromatic N) is 2. The van der Waals surface area contributed by atoms with Gasteiger partial charge in [-0.05, 0) is 55.4 Å². The van der Waals surface area contributed by atoms with Gasteiger partial charge in [-0.25, -0.2) is 0 Å². The molecule has 3 aliphatic rings. The third-order valence-electron chi connectivity index (χ3n) is 6.07. The van der Waals surface area contributed by atoms with Gasteiger partial charge in [0.25, 0.3) is 5.91 Å². The molecule has 1 atom stereocenters. The van der Waals surface area contributed by atoms with Crippen LogP contribution in [0.5, 0.6) is 0 Å². The van der Waals surface area contributed by atoms with Crippen LogP contribution >= 0.6 is 11.3 Å². The first-order valence-corrected chi connectivity index (χ1v) is 11.0. The van der Waals surface area contributed by atoms with Gasteiger partial charge in [-0.2, -0.15) is 0 Å². The zero-order valence-electron chi connectivity index (χ0n) is 16.3. The monoisotopic (exact) mass is 398 g/mol. The molecule has 2 aliphatic heterocycles. The van der Waals surface area contributed by atoms with Gasteiger partial charge in [0.15, 0.2) is 0 Å². The zero-order valence-corrected chi connectivity index (χ0v) is 17.1. The second-order valence-electron chi connectivity index (χ2n) is 8.40. The number of thiophene rings is 1. The van der Waals surface area contributed by atoms with Crippen molar-refractivity contribution in [3.05, 3.63) is 51.0 Å². The average molecular weight is 399 g/mol. The predicted octanol–water partition coefficient (Wildman–Crippen LogP) is 3.53. The Balaban J connectivity index is 1.16. The molecule has 2 saturated heterocycles. The van der Waals surface area contributed by atoms with Crippen LogP contribution < -0.4 is 0 Å². The van der Waals surface area contributed by atoms with E-state index < -0.39 is 0 Å². The molecular weight excluding hydrogens is 372 g/mol. The van der Waals surface area contributed by atoms with Gasteiger partial charge in [0.05, 0.1) is 30.7 Å². The summed E-state index contributed by atoms with van der Waals surface area (Å²) < 4.78 is 12.3. The van der Waals surface area contributed by atoms with E-state index in [4.69, 9.17) is 9.47 Å². The summed E-state index contributed by atoms with van der Waals surface area (Å²) in [5.74, 6) is 0.169. The number of aryl methyl sites for hydroxylation is 3. The molecule has 2 fully saturated rings. The van der Waals surface area contributed by atoms with E-state index in [0.29, 0.717) is 26.3 Å². The molecule has 0 saturated carbocycles. The highest BCUT2D eigenvalue weighted by molar-refractivity contribution is 7.14. The van der Waals surface area contributed by atoms with Gasteiger partial charge in [-0.3, -0.25) is 9.78 Å². The Morgan fingerprint density at radius 2 is 2.25 bits per heavy atom. The molecule has 1 spiro atoms. The van der Waals surface area contributed by atoms with Gasteiger partial charge in [-0.1, -0.05) is 6.07 Å². The Bertz CT molecular complexity index is 866. The van der Waals surface area contributed by atoms with Crippen molar-refractivity contribution in [2.45, 2.75) is 57.3 Å². The van der Waals surface area contributed by atoms with Gasteiger partial charge in [0.1, 0.15) is 5.60 Å². The van der Waals surface area contributed by atoms with Crippen LogP contribution in [0.2, 0.25) is 0 Å². The number of hydrogen-bond acceptors (Lipinski definition) is 5. The SMILES string of the molecule is Cc1cncc(CO[C@@H]2CCOC3(C2)CN(C(=O)c2cc4c(s2)CCC4)C3)c1. The third-order valence-corrected chi connectivity index (χ3v) is 7.29. The first-order valence-electron chi connectivity index (χ1n) is 10.2. The molecule has 5 nitrogen and oxygen atoms in total. The topological polar surface area (TPSA) is 51.7 Å². The lowest BCUT2D eigenvalue weighted by atomic mass is 9.84. The zero-order chi connectivity index (χ0) is 19.1. The number of fused-ring (bicyclic) bond motifs is 1. The van der Waals surface area contributed by atoms with Gasteiger partial charge in [0, 0.05) is 30.3 Å². The molecule has 6 heteroatoms. The molecule has 1 aliphatic carbocycles. The van der Waals surface area contributed by atoms with Crippen molar-refractivity contribution in [3.63, 3.8) is 0 Å². The van der Waals surface area contributed by atoms with E-state index in [1.807, 2.05) is 24.2 Å². The van der Waals surface area contributed by atoms with Crippen LogP contribution in [0.15, 0.2) is 24.5 Å². The third kappa shape index (κ3) is 3.49. The molecule has 0 bridgehead atoms. The Morgan fingerprint density at radius 1 is 1.36 bits per heavy atom. The van der Waals surface area contributed by atoms with E-state index in [1.54, 1.807) is 11.3 Å². The molecule has 148 valence electrons. The molecule has 28 heavy (non-hydrogen) atoms. The van der Waals surface area contributed by atoms with Crippen molar-refractivity contribution in [2.75, 3.05) is 19.7 Å². The maximum Gasteiger partial charge on any atom is 0.264 e. The summed E-state index contributed by atoms with van der Waals surface area (Å²) >= 11 is 1.69. The van der Waals surface area contributed by atoms with Gasteiger partial charge >= 0.3 is 0 Å². The van der Waals surface area contributed by atoms with Crippen molar-refractivity contribution < 1.29 is 14.3 Å². The molecule has 1 amide bonds. The van der Waals surface area contributed by atoms with Gasteiger partial charge in [0.2, 0.25) is 0 Å². The number of likely N-dealkylation sites (tertiary alicyclic amines) is 1. The van der Waals surface area contributed by atoms with Crippen LogP contribution in [0.25, 0.3) is 0 Å². The Kier molecular flexibility index (Phi) is 4.73. The van der Waals surface area contributed by atoms with Crippen LogP contribution in [0.3, 0.4) is 0 Å². The van der Waals surface area contributed by atoms with E-state index >= 15 is 0 Å². The highest BCUT2D eigenvalue weighted by Crippen LogP contribution is 2.38. The number of pyridine rings is 1. The fourth-order valence-corrected chi connectivity index (χ4v) is 5.86. The van der Waals surface area contributed by atoms with Crippen molar-refractivity contribution in [1.29, 1.82) is 0 Å². The number of carbonyl (C=O) groups excluding carboxylic acids is 1. The average Bonchev–Trinajstić information content (AvgIpc) is 3.26. The van der Waals surface area contributed by atoms with Crippen LogP contribution in [0, 0.1) is 6.92 Å². The van der Waals surface area contributed by atoms with Crippen molar-refractivity contribution >= 4 is 17.2 Å². The van der Waals surface area contributed by atoms with Gasteiger partial charge < -0.3 is 14.4 Å². The van der Waals surface area contributed by atoms with Crippen molar-refractivity contribution in [1.82, 2.24) is 9.88 Å². The Hall–Kier alpha value is -1.76. The smallest absolute Gasteiger partial charge is 0.264 e. The van der Waals surface area contributed by atoms with Crippen LogP contribution in [-0.4, -0.2) is 47.2 Å². The normalized spacial score (nSPS) is 22.9. The molecule has 2 aromatic rings. The number of carbonyl (C=O) groups is 1. The highest BCUT2D eigenvalue weighted by Gasteiger charge is 2.50. The predicted molar refractivity (Wildman–Crippen MR) is 108 cm³/mol. The standard InChI is InChI=1S/C22H26N2O3S/c1-15-7-16(11-23-10-15)12-26-18-5-6-27-22(9-18)13-24(14-22)21(25)20-8-17-3-2-4-19(17)28-20/h7-8,10-11,18H,2-6,9,12-14H2,1H3/t18-/m1/s1. The van der Waals surface area contributed by atoms with E-state index in [1.165, 1.54) is 16.9 Å². The summed E-state index contributed by atoms with van der Waals surface area (Å²) in [5, 5.41) is 0. The lowest BCUT2D eigenvalue weighted by Gasteiger charge is -2.52. The molecule has 0 aromatic carbocycles. The molecule has 5 rings (SSSR count). The highest BCUT2D eigenvalue weighted by atomic mass is 32.1. The number of amides is 1. The van der Waals surface area contributed by atoms with Crippen molar-refractivity contribution in [2.24, 2.45) is 0 Å². The van der Waals surface area contributed by atoms with Crippen LogP contribution in [-0.2, 0) is 28.9 Å². The molecule has 0 radical (unpaired) electrons. The number of rotatable bonds is 4.